The number of benzene rings is 2. The highest BCUT2D eigenvalue weighted by Gasteiger charge is 2.11. The summed E-state index contributed by atoms with van der Waals surface area (Å²) in [6, 6.07) is 17.2. The summed E-state index contributed by atoms with van der Waals surface area (Å²) in [6.45, 7) is 0. The minimum Gasteiger partial charge on any atom is -0.493 e. The average molecular weight is 417 g/mol. The molecule has 0 bridgehead atoms. The zero-order valence-corrected chi connectivity index (χ0v) is 16.9. The monoisotopic (exact) mass is 417 g/mol. The summed E-state index contributed by atoms with van der Waals surface area (Å²) in [5, 5.41) is 15.1. The van der Waals surface area contributed by atoms with Crippen molar-refractivity contribution in [3.8, 4) is 28.9 Å². The molecule has 1 amide bonds. The molecule has 4 rings (SSSR count). The molecule has 0 radical (unpaired) electrons. The zero-order chi connectivity index (χ0) is 21.6. The van der Waals surface area contributed by atoms with Crippen molar-refractivity contribution < 1.29 is 19.0 Å². The molecule has 0 spiro atoms. The molecule has 156 valence electrons. The first-order valence-electron chi connectivity index (χ1n) is 9.31. The van der Waals surface area contributed by atoms with Crippen LogP contribution in [0.25, 0.3) is 5.82 Å². The fourth-order valence-electron chi connectivity index (χ4n) is 2.80. The molecule has 2 heterocycles. The van der Waals surface area contributed by atoms with Crippen LogP contribution < -0.4 is 19.5 Å². The van der Waals surface area contributed by atoms with Crippen LogP contribution in [0.15, 0.2) is 73.1 Å². The van der Waals surface area contributed by atoms with Gasteiger partial charge in [-0.3, -0.25) is 4.79 Å². The molecule has 0 unspecified atom stereocenters. The van der Waals surface area contributed by atoms with Gasteiger partial charge in [0.1, 0.15) is 5.75 Å². The van der Waals surface area contributed by atoms with E-state index in [4.69, 9.17) is 14.2 Å². The van der Waals surface area contributed by atoms with Gasteiger partial charge in [0.15, 0.2) is 17.3 Å². The number of nitrogens with zero attached hydrogens (tertiary/aromatic N) is 4. The molecule has 9 heteroatoms. The second kappa shape index (κ2) is 8.95. The maximum Gasteiger partial charge on any atom is 0.255 e. The zero-order valence-electron chi connectivity index (χ0n) is 16.9. The topological polar surface area (TPSA) is 100 Å². The minimum absolute atomic E-state index is 0.269. The molecular formula is C22H19N5O4. The molecule has 0 aliphatic rings. The van der Waals surface area contributed by atoms with Crippen LogP contribution in [0.4, 0.5) is 5.69 Å². The van der Waals surface area contributed by atoms with Gasteiger partial charge in [0.05, 0.1) is 14.2 Å². The molecule has 0 saturated heterocycles. The molecule has 0 fully saturated rings. The smallest absolute Gasteiger partial charge is 0.255 e. The summed E-state index contributed by atoms with van der Waals surface area (Å²) in [5.74, 6) is 2.27. The Morgan fingerprint density at radius 1 is 0.935 bits per heavy atom. The summed E-state index contributed by atoms with van der Waals surface area (Å²) in [6.07, 6.45) is 3.44. The number of methoxy groups -OCH3 is 2. The Morgan fingerprint density at radius 3 is 2.39 bits per heavy atom. The summed E-state index contributed by atoms with van der Waals surface area (Å²) in [5.41, 5.74) is 1.07. The van der Waals surface area contributed by atoms with Crippen LogP contribution in [0.1, 0.15) is 10.4 Å². The number of carbonyl (C=O) groups is 1. The minimum atomic E-state index is -0.269. The van der Waals surface area contributed by atoms with Crippen LogP contribution in [-0.4, -0.2) is 40.1 Å². The molecule has 2 aromatic carbocycles. The van der Waals surface area contributed by atoms with Gasteiger partial charge >= 0.3 is 0 Å². The molecule has 0 aliphatic heterocycles. The first-order chi connectivity index (χ1) is 15.2. The van der Waals surface area contributed by atoms with E-state index in [1.807, 2.05) is 0 Å². The van der Waals surface area contributed by atoms with Crippen molar-refractivity contribution in [3.05, 3.63) is 78.6 Å². The van der Waals surface area contributed by atoms with Crippen molar-refractivity contribution in [1.82, 2.24) is 20.0 Å². The number of nitrogens with one attached hydrogen (secondary N) is 1. The number of rotatable bonds is 7. The molecule has 0 aliphatic carbocycles. The SMILES string of the molecule is COc1ccc(C(=O)Nc2ccc(Oc3ccc(-n4cccn4)nn3)cc2)cc1OC. The van der Waals surface area contributed by atoms with E-state index in [2.05, 4.69) is 20.6 Å². The Bertz CT molecular complexity index is 1160. The van der Waals surface area contributed by atoms with E-state index < -0.39 is 0 Å². The standard InChI is InChI=1S/C22H19N5O4/c1-29-18-9-4-15(14-19(18)30-2)22(28)24-16-5-7-17(8-6-16)31-21-11-10-20(25-26-21)27-13-3-12-23-27/h3-14H,1-2H3,(H,24,28). The predicted molar refractivity (Wildman–Crippen MR) is 113 cm³/mol. The predicted octanol–water partition coefficient (Wildman–Crippen LogP) is 3.72. The molecule has 2 aromatic heterocycles. The Morgan fingerprint density at radius 2 is 1.74 bits per heavy atom. The van der Waals surface area contributed by atoms with Crippen molar-refractivity contribution in [2.24, 2.45) is 0 Å². The summed E-state index contributed by atoms with van der Waals surface area (Å²) >= 11 is 0. The van der Waals surface area contributed by atoms with Crippen LogP contribution in [0.5, 0.6) is 23.1 Å². The number of ether oxygens (including phenoxy) is 3. The van der Waals surface area contributed by atoms with Crippen molar-refractivity contribution in [2.75, 3.05) is 19.5 Å². The van der Waals surface area contributed by atoms with E-state index in [9.17, 15) is 4.79 Å². The Labute approximate surface area is 178 Å². The van der Waals surface area contributed by atoms with Crippen LogP contribution in [0, 0.1) is 0 Å². The van der Waals surface area contributed by atoms with Crippen molar-refractivity contribution >= 4 is 11.6 Å². The van der Waals surface area contributed by atoms with E-state index in [0.717, 1.165) is 0 Å². The third-order valence-corrected chi connectivity index (χ3v) is 4.35. The number of anilines is 1. The van der Waals surface area contributed by atoms with E-state index in [1.54, 1.807) is 84.8 Å². The number of hydrogen-bond acceptors (Lipinski definition) is 7. The molecule has 0 atom stereocenters. The van der Waals surface area contributed by atoms with Gasteiger partial charge in [0.2, 0.25) is 5.88 Å². The average Bonchev–Trinajstić information content (AvgIpc) is 3.35. The first-order valence-corrected chi connectivity index (χ1v) is 9.31. The van der Waals surface area contributed by atoms with Gasteiger partial charge in [0, 0.05) is 29.7 Å². The normalized spacial score (nSPS) is 10.4. The molecular weight excluding hydrogens is 398 g/mol. The van der Waals surface area contributed by atoms with Crippen LogP contribution in [-0.2, 0) is 0 Å². The van der Waals surface area contributed by atoms with Crippen molar-refractivity contribution in [1.29, 1.82) is 0 Å². The lowest BCUT2D eigenvalue weighted by atomic mass is 10.2. The largest absolute Gasteiger partial charge is 0.493 e. The van der Waals surface area contributed by atoms with E-state index in [0.29, 0.717) is 40.2 Å². The van der Waals surface area contributed by atoms with Gasteiger partial charge in [-0.1, -0.05) is 0 Å². The number of hydrogen-bond donors (Lipinski definition) is 1. The highest BCUT2D eigenvalue weighted by atomic mass is 16.5. The van der Waals surface area contributed by atoms with Crippen LogP contribution in [0.2, 0.25) is 0 Å². The fourth-order valence-corrected chi connectivity index (χ4v) is 2.80. The second-order valence-electron chi connectivity index (χ2n) is 6.33. The second-order valence-corrected chi connectivity index (χ2v) is 6.33. The quantitative estimate of drug-likeness (QED) is 0.489. The third-order valence-electron chi connectivity index (χ3n) is 4.35. The van der Waals surface area contributed by atoms with Crippen LogP contribution in [0.3, 0.4) is 0 Å². The molecule has 4 aromatic rings. The van der Waals surface area contributed by atoms with E-state index in [1.165, 1.54) is 7.11 Å². The summed E-state index contributed by atoms with van der Waals surface area (Å²) in [4.78, 5) is 12.5. The molecule has 0 saturated carbocycles. The van der Waals surface area contributed by atoms with E-state index >= 15 is 0 Å². The lowest BCUT2D eigenvalue weighted by molar-refractivity contribution is 0.102. The maximum atomic E-state index is 12.5. The fraction of sp³-hybridized carbons (Fsp3) is 0.0909. The van der Waals surface area contributed by atoms with Crippen molar-refractivity contribution in [2.45, 2.75) is 0 Å². The lowest BCUT2D eigenvalue weighted by Crippen LogP contribution is -2.12. The van der Waals surface area contributed by atoms with Gasteiger partial charge < -0.3 is 19.5 Å². The lowest BCUT2D eigenvalue weighted by Gasteiger charge is -2.10. The van der Waals surface area contributed by atoms with Gasteiger partial charge in [0.25, 0.3) is 5.91 Å². The third kappa shape index (κ3) is 4.61. The van der Waals surface area contributed by atoms with Crippen LogP contribution >= 0.6 is 0 Å². The maximum absolute atomic E-state index is 12.5. The highest BCUT2D eigenvalue weighted by molar-refractivity contribution is 6.04. The Hall–Kier alpha value is -4.40. The highest BCUT2D eigenvalue weighted by Crippen LogP contribution is 2.28. The van der Waals surface area contributed by atoms with Gasteiger partial charge in [-0.15, -0.1) is 10.2 Å². The number of amides is 1. The van der Waals surface area contributed by atoms with Crippen molar-refractivity contribution in [3.63, 3.8) is 0 Å². The van der Waals surface area contributed by atoms with E-state index in [-0.39, 0.29) is 5.91 Å². The first kappa shape index (κ1) is 19.9. The number of carbonyl (C=O) groups excluding carboxylic acids is 1. The van der Waals surface area contributed by atoms with Gasteiger partial charge in [-0.05, 0) is 54.6 Å². The summed E-state index contributed by atoms with van der Waals surface area (Å²) < 4.78 is 17.7. The number of aromatic nitrogens is 4. The summed E-state index contributed by atoms with van der Waals surface area (Å²) in [7, 11) is 3.06. The molecule has 9 nitrogen and oxygen atoms in total. The van der Waals surface area contributed by atoms with Gasteiger partial charge in [-0.25, -0.2) is 4.68 Å². The Kier molecular flexibility index (Phi) is 5.75. The molecule has 31 heavy (non-hydrogen) atoms. The Balaban J connectivity index is 1.39. The molecule has 1 N–H and O–H groups in total. The van der Waals surface area contributed by atoms with Gasteiger partial charge in [-0.2, -0.15) is 5.10 Å².